The number of aliphatic hydroxyl groups is 2. The molecule has 0 bridgehead atoms. The van der Waals surface area contributed by atoms with Gasteiger partial charge in [-0.1, -0.05) is 18.2 Å². The van der Waals surface area contributed by atoms with Gasteiger partial charge in [-0.3, -0.25) is 14.4 Å². The Hall–Kier alpha value is -3.75. The number of hydrogen-bond acceptors (Lipinski definition) is 8. The van der Waals surface area contributed by atoms with Crippen molar-refractivity contribution >= 4 is 17.7 Å². The molecule has 0 aromatic heterocycles. The van der Waals surface area contributed by atoms with Gasteiger partial charge in [0, 0.05) is 18.4 Å². The molecule has 0 heterocycles. The summed E-state index contributed by atoms with van der Waals surface area (Å²) in [4.78, 5) is 35.4. The second-order valence-corrected chi connectivity index (χ2v) is 8.63. The Bertz CT molecular complexity index is 1110. The maximum atomic E-state index is 12.3. The van der Waals surface area contributed by atoms with Crippen molar-refractivity contribution in [3.8, 4) is 11.5 Å². The average Bonchev–Trinajstić information content (AvgIpc) is 3.16. The highest BCUT2D eigenvalue weighted by Gasteiger charge is 2.41. The van der Waals surface area contributed by atoms with Crippen LogP contribution in [0, 0.1) is 5.92 Å². The summed E-state index contributed by atoms with van der Waals surface area (Å²) < 4.78 is 16.4. The van der Waals surface area contributed by atoms with Crippen molar-refractivity contribution in [1.82, 2.24) is 0 Å². The van der Waals surface area contributed by atoms with Gasteiger partial charge in [0.25, 0.3) is 0 Å². The van der Waals surface area contributed by atoms with Gasteiger partial charge in [-0.2, -0.15) is 0 Å². The molecule has 4 atom stereocenters. The molecule has 3 rings (SSSR count). The van der Waals surface area contributed by atoms with Crippen LogP contribution in [0.15, 0.2) is 72.5 Å². The molecule has 196 valence electrons. The number of amides is 1. The minimum atomic E-state index is -0.941. The number of allylic oxidation sites excluding steroid dienone is 1. The van der Waals surface area contributed by atoms with Crippen molar-refractivity contribution in [2.45, 2.75) is 44.0 Å². The number of ketones is 1. The average molecular weight is 510 g/mol. The SMILES string of the molecule is NC(=O)c1ccc(OC(=O)CCC=C=CC[C@H]2C(=O)C[C@H](O)[C@H]2OCC(O)COc2ccccc2)cc1. The molecule has 1 unspecified atom stereocenters. The molecule has 1 aliphatic rings. The number of Topliss-reactive ketones (excluding diaryl/α,β-unsaturated/α-hetero) is 1. The van der Waals surface area contributed by atoms with E-state index in [1.807, 2.05) is 18.2 Å². The first kappa shape index (κ1) is 27.8. The van der Waals surface area contributed by atoms with Gasteiger partial charge in [-0.25, -0.2) is 0 Å². The minimum absolute atomic E-state index is 0.00421. The van der Waals surface area contributed by atoms with Crippen molar-refractivity contribution in [1.29, 1.82) is 0 Å². The van der Waals surface area contributed by atoms with Gasteiger partial charge < -0.3 is 30.2 Å². The Labute approximate surface area is 215 Å². The van der Waals surface area contributed by atoms with E-state index in [2.05, 4.69) is 5.73 Å². The lowest BCUT2D eigenvalue weighted by molar-refractivity contribution is -0.134. The largest absolute Gasteiger partial charge is 0.491 e. The standard InChI is InChI=1S/C28H31NO8/c29-28(34)19-12-14-22(15-13-19)37-26(33)11-7-2-1-6-10-23-24(31)16-25(32)27(23)36-18-20(30)17-35-21-8-4-3-5-9-21/h2-6,8-9,12-15,20,23,25,27,30,32H,7,10-11,16-18H2,(H2,29,34)/t1?,20?,23-,25-,27-/m0/s1. The van der Waals surface area contributed by atoms with Gasteiger partial charge in [-0.05, 0) is 61.4 Å². The van der Waals surface area contributed by atoms with Gasteiger partial charge >= 0.3 is 5.97 Å². The fourth-order valence-corrected chi connectivity index (χ4v) is 3.82. The van der Waals surface area contributed by atoms with Crippen LogP contribution in [-0.2, 0) is 14.3 Å². The van der Waals surface area contributed by atoms with Gasteiger partial charge in [-0.15, -0.1) is 5.73 Å². The number of carbonyl (C=O) groups is 3. The van der Waals surface area contributed by atoms with Gasteiger partial charge in [0.1, 0.15) is 30.0 Å². The maximum absolute atomic E-state index is 12.3. The third kappa shape index (κ3) is 9.00. The highest BCUT2D eigenvalue weighted by molar-refractivity contribution is 5.92. The van der Waals surface area contributed by atoms with E-state index in [-0.39, 0.29) is 31.8 Å². The van der Waals surface area contributed by atoms with Crippen LogP contribution in [0.3, 0.4) is 0 Å². The van der Waals surface area contributed by atoms with Gasteiger partial charge in [0.05, 0.1) is 24.7 Å². The number of benzene rings is 2. The van der Waals surface area contributed by atoms with Crippen LogP contribution in [0.4, 0.5) is 0 Å². The molecular weight excluding hydrogens is 478 g/mol. The molecule has 1 amide bonds. The van der Waals surface area contributed by atoms with E-state index >= 15 is 0 Å². The van der Waals surface area contributed by atoms with E-state index < -0.39 is 36.1 Å². The number of rotatable bonds is 13. The molecule has 37 heavy (non-hydrogen) atoms. The number of carbonyl (C=O) groups excluding carboxylic acids is 3. The molecular formula is C28H31NO8. The highest BCUT2D eigenvalue weighted by atomic mass is 16.5. The van der Waals surface area contributed by atoms with Crippen molar-refractivity contribution in [2.24, 2.45) is 11.7 Å². The topological polar surface area (TPSA) is 145 Å². The number of hydrogen-bond donors (Lipinski definition) is 3. The summed E-state index contributed by atoms with van der Waals surface area (Å²) >= 11 is 0. The Balaban J connectivity index is 1.39. The third-order valence-corrected chi connectivity index (χ3v) is 5.74. The third-order valence-electron chi connectivity index (χ3n) is 5.74. The van der Waals surface area contributed by atoms with E-state index in [9.17, 15) is 24.6 Å². The minimum Gasteiger partial charge on any atom is -0.491 e. The normalized spacial score (nSPS) is 19.5. The molecule has 0 spiro atoms. The van der Waals surface area contributed by atoms with E-state index in [0.29, 0.717) is 29.9 Å². The number of nitrogens with two attached hydrogens (primary N) is 1. The monoisotopic (exact) mass is 509 g/mol. The Morgan fingerprint density at radius 1 is 1.05 bits per heavy atom. The lowest BCUT2D eigenvalue weighted by Gasteiger charge is -2.22. The number of aliphatic hydroxyl groups excluding tert-OH is 2. The lowest BCUT2D eigenvalue weighted by Crippen LogP contribution is -2.34. The van der Waals surface area contributed by atoms with Crippen LogP contribution in [0.1, 0.15) is 36.0 Å². The number of primary amides is 1. The predicted octanol–water partition coefficient (Wildman–Crippen LogP) is 2.35. The van der Waals surface area contributed by atoms with Crippen LogP contribution in [0.2, 0.25) is 0 Å². The molecule has 0 saturated heterocycles. The van der Waals surface area contributed by atoms with Crippen LogP contribution < -0.4 is 15.2 Å². The number of para-hydroxylation sites is 1. The molecule has 2 aromatic carbocycles. The van der Waals surface area contributed by atoms with Gasteiger partial charge in [0.2, 0.25) is 5.91 Å². The summed E-state index contributed by atoms with van der Waals surface area (Å²) in [6, 6.07) is 15.0. The summed E-state index contributed by atoms with van der Waals surface area (Å²) in [6.07, 6.45) is 1.54. The molecule has 1 saturated carbocycles. The van der Waals surface area contributed by atoms with E-state index in [1.54, 1.807) is 24.3 Å². The van der Waals surface area contributed by atoms with Crippen molar-refractivity contribution in [3.05, 3.63) is 78.0 Å². The quantitative estimate of drug-likeness (QED) is 0.212. The first-order valence-electron chi connectivity index (χ1n) is 12.0. The van der Waals surface area contributed by atoms with Crippen molar-refractivity contribution in [2.75, 3.05) is 13.2 Å². The summed E-state index contributed by atoms with van der Waals surface area (Å²) in [7, 11) is 0. The second kappa shape index (κ2) is 14.1. The molecule has 0 aliphatic heterocycles. The van der Waals surface area contributed by atoms with Crippen molar-refractivity contribution < 1.29 is 38.8 Å². The number of ether oxygens (including phenoxy) is 3. The fraction of sp³-hybridized carbons (Fsp3) is 0.357. The smallest absolute Gasteiger partial charge is 0.311 e. The van der Waals surface area contributed by atoms with Crippen LogP contribution in [-0.4, -0.2) is 59.4 Å². The maximum Gasteiger partial charge on any atom is 0.311 e. The molecule has 9 heteroatoms. The fourth-order valence-electron chi connectivity index (χ4n) is 3.82. The summed E-state index contributed by atoms with van der Waals surface area (Å²) in [5, 5.41) is 20.4. The molecule has 9 nitrogen and oxygen atoms in total. The van der Waals surface area contributed by atoms with Crippen LogP contribution in [0.25, 0.3) is 0 Å². The molecule has 1 aliphatic carbocycles. The zero-order valence-electron chi connectivity index (χ0n) is 20.3. The molecule has 2 aromatic rings. The zero-order chi connectivity index (χ0) is 26.6. The molecule has 0 radical (unpaired) electrons. The van der Waals surface area contributed by atoms with Crippen LogP contribution in [0.5, 0.6) is 11.5 Å². The first-order chi connectivity index (χ1) is 17.8. The molecule has 1 fully saturated rings. The van der Waals surface area contributed by atoms with Gasteiger partial charge in [0.15, 0.2) is 0 Å². The van der Waals surface area contributed by atoms with Crippen LogP contribution >= 0.6 is 0 Å². The zero-order valence-corrected chi connectivity index (χ0v) is 20.3. The Morgan fingerprint density at radius 2 is 1.78 bits per heavy atom. The lowest BCUT2D eigenvalue weighted by atomic mass is 10.00. The predicted molar refractivity (Wildman–Crippen MR) is 134 cm³/mol. The summed E-state index contributed by atoms with van der Waals surface area (Å²) in [5.41, 5.74) is 8.44. The summed E-state index contributed by atoms with van der Waals surface area (Å²) in [6.45, 7) is -0.0551. The summed E-state index contributed by atoms with van der Waals surface area (Å²) in [5.74, 6) is -0.729. The Morgan fingerprint density at radius 3 is 2.49 bits per heavy atom. The highest BCUT2D eigenvalue weighted by Crippen LogP contribution is 2.29. The van der Waals surface area contributed by atoms with Crippen molar-refractivity contribution in [3.63, 3.8) is 0 Å². The van der Waals surface area contributed by atoms with E-state index in [4.69, 9.17) is 19.9 Å². The van der Waals surface area contributed by atoms with E-state index in [0.717, 1.165) is 0 Å². The van der Waals surface area contributed by atoms with E-state index in [1.165, 1.54) is 24.3 Å². The molecule has 4 N–H and O–H groups in total. The Kier molecular flexibility index (Phi) is 10.6. The second-order valence-electron chi connectivity index (χ2n) is 8.63. The number of esters is 1. The first-order valence-corrected chi connectivity index (χ1v) is 12.0.